The molecule has 2 heterocycles. The molecule has 0 saturated carbocycles. The number of hydrogen-bond donors (Lipinski definition) is 1. The molecule has 5 aromatic rings. The summed E-state index contributed by atoms with van der Waals surface area (Å²) in [5, 5.41) is 9.23. The van der Waals surface area contributed by atoms with Gasteiger partial charge in [-0.1, -0.05) is 56.3 Å². The lowest BCUT2D eigenvalue weighted by Crippen LogP contribution is -2.25. The third kappa shape index (κ3) is 7.77. The maximum atomic E-state index is 12.6. The number of carbonyl (C=O) groups excluding carboxylic acids is 1. The van der Waals surface area contributed by atoms with Crippen molar-refractivity contribution in [3.63, 3.8) is 0 Å². The zero-order valence-corrected chi connectivity index (χ0v) is 24.3. The number of urea groups is 1. The van der Waals surface area contributed by atoms with Gasteiger partial charge in [-0.2, -0.15) is 4.99 Å². The molecule has 3 aromatic carbocycles. The highest BCUT2D eigenvalue weighted by atomic mass is 32.1. The van der Waals surface area contributed by atoms with E-state index in [4.69, 9.17) is 0 Å². The van der Waals surface area contributed by atoms with E-state index in [1.807, 2.05) is 58.6 Å². The standard InChI is InChI=1S/C31H29F3N6O2S/c1-21(2)26-7-3-4-8-27(26)39-18-19-43-30(39)37-29(41)35-17-5-6-22-9-11-23(12-10-22)28-36-20-40(38-28)24-13-15-25(16-14-24)42-31(32,33)34/h3-4,7-16,18-21H,5-6,17H2,1-2H3,(H,35,41)/b37-30-. The van der Waals surface area contributed by atoms with E-state index in [2.05, 4.69) is 45.0 Å². The highest BCUT2D eigenvalue weighted by Crippen LogP contribution is 2.24. The fourth-order valence-electron chi connectivity index (χ4n) is 4.49. The SMILES string of the molecule is CC(C)c1ccccc1-n1ccs/c1=N\C(=O)NCCCc1ccc(-c2ncn(-c3ccc(OC(F)(F)F)cc3)n2)cc1. The molecule has 222 valence electrons. The first-order chi connectivity index (χ1) is 20.7. The lowest BCUT2D eigenvalue weighted by molar-refractivity contribution is -0.274. The number of para-hydroxylation sites is 1. The van der Waals surface area contributed by atoms with E-state index < -0.39 is 6.36 Å². The van der Waals surface area contributed by atoms with Gasteiger partial charge >= 0.3 is 12.4 Å². The zero-order valence-electron chi connectivity index (χ0n) is 23.5. The van der Waals surface area contributed by atoms with Crippen LogP contribution in [-0.4, -0.2) is 38.3 Å². The minimum atomic E-state index is -4.74. The molecule has 43 heavy (non-hydrogen) atoms. The normalized spacial score (nSPS) is 12.1. The minimum absolute atomic E-state index is 0.306. The van der Waals surface area contributed by atoms with E-state index in [1.165, 1.54) is 52.2 Å². The van der Waals surface area contributed by atoms with Gasteiger partial charge in [-0.05, 0) is 60.2 Å². The Hall–Kier alpha value is -4.71. The number of nitrogens with zero attached hydrogens (tertiary/aromatic N) is 5. The van der Waals surface area contributed by atoms with Gasteiger partial charge in [0.2, 0.25) is 0 Å². The Morgan fingerprint density at radius 1 is 1.05 bits per heavy atom. The summed E-state index contributed by atoms with van der Waals surface area (Å²) >= 11 is 1.41. The van der Waals surface area contributed by atoms with E-state index in [9.17, 15) is 18.0 Å². The Balaban J connectivity index is 1.13. The largest absolute Gasteiger partial charge is 0.573 e. The highest BCUT2D eigenvalue weighted by Gasteiger charge is 2.31. The van der Waals surface area contributed by atoms with Crippen LogP contribution in [0.1, 0.15) is 37.3 Å². The molecule has 5 rings (SSSR count). The van der Waals surface area contributed by atoms with E-state index in [1.54, 1.807) is 0 Å². The van der Waals surface area contributed by atoms with Crippen molar-refractivity contribution < 1.29 is 22.7 Å². The average Bonchev–Trinajstić information content (AvgIpc) is 3.66. The Kier molecular flexibility index (Phi) is 9.05. The van der Waals surface area contributed by atoms with Crippen LogP contribution in [0.4, 0.5) is 18.0 Å². The molecule has 2 aromatic heterocycles. The summed E-state index contributed by atoms with van der Waals surface area (Å²) in [4.78, 5) is 21.8. The van der Waals surface area contributed by atoms with Gasteiger partial charge in [-0.15, -0.1) is 29.6 Å². The molecule has 0 radical (unpaired) electrons. The Morgan fingerprint density at radius 3 is 2.51 bits per heavy atom. The summed E-state index contributed by atoms with van der Waals surface area (Å²) < 4.78 is 44.5. The number of aromatic nitrogens is 4. The van der Waals surface area contributed by atoms with Gasteiger partial charge in [0.25, 0.3) is 0 Å². The Labute approximate surface area is 250 Å². The second kappa shape index (κ2) is 13.1. The van der Waals surface area contributed by atoms with Crippen LogP contribution >= 0.6 is 11.3 Å². The number of thiazole rings is 1. The quantitative estimate of drug-likeness (QED) is 0.182. The van der Waals surface area contributed by atoms with Crippen LogP contribution in [0.25, 0.3) is 22.8 Å². The summed E-state index contributed by atoms with van der Waals surface area (Å²) in [6.07, 6.45) is 0.178. The van der Waals surface area contributed by atoms with Crippen molar-refractivity contribution in [1.82, 2.24) is 24.6 Å². The topological polar surface area (TPSA) is 86.3 Å². The number of aryl methyl sites for hydroxylation is 1. The van der Waals surface area contributed by atoms with Gasteiger partial charge < -0.3 is 10.1 Å². The fourth-order valence-corrected chi connectivity index (χ4v) is 5.20. The number of ether oxygens (including phenoxy) is 1. The lowest BCUT2D eigenvalue weighted by Gasteiger charge is -2.13. The maximum absolute atomic E-state index is 12.6. The lowest BCUT2D eigenvalue weighted by atomic mass is 10.0. The van der Waals surface area contributed by atoms with Crippen LogP contribution in [0.15, 0.2) is 95.7 Å². The van der Waals surface area contributed by atoms with Crippen molar-refractivity contribution in [2.75, 3.05) is 6.54 Å². The molecule has 2 amide bonds. The van der Waals surface area contributed by atoms with Crippen LogP contribution < -0.4 is 14.9 Å². The smallest absolute Gasteiger partial charge is 0.406 e. The number of nitrogens with one attached hydrogen (secondary N) is 1. The van der Waals surface area contributed by atoms with Crippen LogP contribution in [0, 0.1) is 0 Å². The van der Waals surface area contributed by atoms with Gasteiger partial charge in [0.1, 0.15) is 12.1 Å². The van der Waals surface area contributed by atoms with Gasteiger partial charge in [-0.25, -0.2) is 14.5 Å². The Bertz CT molecular complexity index is 1740. The molecule has 12 heteroatoms. The van der Waals surface area contributed by atoms with Crippen LogP contribution in [0.3, 0.4) is 0 Å². The van der Waals surface area contributed by atoms with E-state index in [-0.39, 0.29) is 11.8 Å². The van der Waals surface area contributed by atoms with Crippen LogP contribution in [0.2, 0.25) is 0 Å². The predicted molar refractivity (Wildman–Crippen MR) is 158 cm³/mol. The summed E-state index contributed by atoms with van der Waals surface area (Å²) in [6, 6.07) is 20.9. The predicted octanol–water partition coefficient (Wildman–Crippen LogP) is 7.05. The average molecular weight is 607 g/mol. The summed E-state index contributed by atoms with van der Waals surface area (Å²) in [7, 11) is 0. The molecular weight excluding hydrogens is 577 g/mol. The molecule has 0 fully saturated rings. The monoisotopic (exact) mass is 606 g/mol. The fraction of sp³-hybridized carbons (Fsp3) is 0.226. The molecule has 0 aliphatic rings. The van der Waals surface area contributed by atoms with E-state index in [0.717, 1.165) is 29.7 Å². The van der Waals surface area contributed by atoms with Crippen molar-refractivity contribution in [3.05, 3.63) is 107 Å². The van der Waals surface area contributed by atoms with Gasteiger partial charge in [0.15, 0.2) is 10.6 Å². The third-order valence-electron chi connectivity index (χ3n) is 6.56. The summed E-state index contributed by atoms with van der Waals surface area (Å²) in [5.74, 6) is 0.516. The molecule has 0 aliphatic carbocycles. The first kappa shape index (κ1) is 29.8. The maximum Gasteiger partial charge on any atom is 0.573 e. The molecule has 0 atom stereocenters. The van der Waals surface area contributed by atoms with Crippen molar-refractivity contribution >= 4 is 17.4 Å². The van der Waals surface area contributed by atoms with Gasteiger partial charge in [-0.3, -0.25) is 4.57 Å². The van der Waals surface area contributed by atoms with Crippen molar-refractivity contribution in [3.8, 4) is 28.5 Å². The molecule has 1 N–H and O–H groups in total. The van der Waals surface area contributed by atoms with Crippen molar-refractivity contribution in [2.24, 2.45) is 4.99 Å². The third-order valence-corrected chi connectivity index (χ3v) is 7.32. The molecule has 0 aliphatic heterocycles. The van der Waals surface area contributed by atoms with E-state index >= 15 is 0 Å². The molecule has 0 bridgehead atoms. The molecule has 0 spiro atoms. The number of rotatable bonds is 9. The number of carbonyl (C=O) groups is 1. The number of hydrogen-bond acceptors (Lipinski definition) is 5. The minimum Gasteiger partial charge on any atom is -0.406 e. The van der Waals surface area contributed by atoms with Crippen molar-refractivity contribution in [1.29, 1.82) is 0 Å². The van der Waals surface area contributed by atoms with E-state index in [0.29, 0.717) is 28.8 Å². The highest BCUT2D eigenvalue weighted by molar-refractivity contribution is 7.07. The first-order valence-electron chi connectivity index (χ1n) is 13.6. The zero-order chi connectivity index (χ0) is 30.4. The molecule has 0 saturated heterocycles. The second-order valence-electron chi connectivity index (χ2n) is 9.97. The molecular formula is C31H29F3N6O2S. The van der Waals surface area contributed by atoms with Gasteiger partial charge in [0.05, 0.1) is 11.4 Å². The van der Waals surface area contributed by atoms with Gasteiger partial charge in [0, 0.05) is 23.7 Å². The molecule has 8 nitrogen and oxygen atoms in total. The number of alkyl halides is 3. The number of amides is 2. The summed E-state index contributed by atoms with van der Waals surface area (Å²) in [5.41, 5.74) is 4.65. The second-order valence-corrected chi connectivity index (χ2v) is 10.8. The first-order valence-corrected chi connectivity index (χ1v) is 14.5. The molecule has 0 unspecified atom stereocenters. The van der Waals surface area contributed by atoms with Crippen molar-refractivity contribution in [2.45, 2.75) is 39.0 Å². The van der Waals surface area contributed by atoms with Crippen LogP contribution in [0.5, 0.6) is 5.75 Å². The van der Waals surface area contributed by atoms with Crippen LogP contribution in [-0.2, 0) is 6.42 Å². The number of benzene rings is 3. The Morgan fingerprint density at radius 2 is 1.79 bits per heavy atom. The summed E-state index contributed by atoms with van der Waals surface area (Å²) in [6.45, 7) is 4.76. The number of halogens is 3.